The molecule has 0 bridgehead atoms. The van der Waals surface area contributed by atoms with Gasteiger partial charge in [0, 0.05) is 16.1 Å². The van der Waals surface area contributed by atoms with Gasteiger partial charge >= 0.3 is 0 Å². The van der Waals surface area contributed by atoms with Crippen molar-refractivity contribution in [1.82, 2.24) is 4.98 Å². The Balaban J connectivity index is 2.18. The van der Waals surface area contributed by atoms with E-state index in [2.05, 4.69) is 30.1 Å². The quantitative estimate of drug-likeness (QED) is 0.721. The van der Waals surface area contributed by atoms with Crippen molar-refractivity contribution >= 4 is 17.4 Å². The number of rotatable bonds is 3. The van der Waals surface area contributed by atoms with Crippen molar-refractivity contribution in [3.05, 3.63) is 71.4 Å². The zero-order valence-electron chi connectivity index (χ0n) is 12.4. The smallest absolute Gasteiger partial charge is 0.131 e. The topological polar surface area (TPSA) is 38.9 Å². The number of nitrogen functional groups attached to an aromatic ring is 1. The fraction of sp³-hybridized carbons (Fsp3) is 0.105. The van der Waals surface area contributed by atoms with E-state index < -0.39 is 0 Å². The summed E-state index contributed by atoms with van der Waals surface area (Å²) in [6.45, 7) is 2.09. The number of nitrogens with zero attached hydrogens (tertiary/aromatic N) is 1. The number of hydrogen-bond acceptors (Lipinski definition) is 2. The molecule has 22 heavy (non-hydrogen) atoms. The van der Waals surface area contributed by atoms with Gasteiger partial charge in [0.15, 0.2) is 0 Å². The molecule has 0 atom stereocenters. The third-order valence-corrected chi connectivity index (χ3v) is 3.96. The third-order valence-electron chi connectivity index (χ3n) is 3.71. The molecule has 0 fully saturated rings. The first-order chi connectivity index (χ1) is 10.7. The van der Waals surface area contributed by atoms with E-state index in [0.717, 1.165) is 34.4 Å². The minimum absolute atomic E-state index is 0.554. The molecule has 0 amide bonds. The van der Waals surface area contributed by atoms with Gasteiger partial charge in [-0.25, -0.2) is 4.98 Å². The number of pyridine rings is 1. The fourth-order valence-corrected chi connectivity index (χ4v) is 2.69. The maximum absolute atomic E-state index is 6.17. The van der Waals surface area contributed by atoms with Crippen LogP contribution in [0.2, 0.25) is 5.02 Å². The lowest BCUT2D eigenvalue weighted by molar-refractivity contribution is 1.05. The molecular formula is C19H17ClN2. The third kappa shape index (κ3) is 2.83. The van der Waals surface area contributed by atoms with Crippen LogP contribution in [-0.4, -0.2) is 4.98 Å². The summed E-state index contributed by atoms with van der Waals surface area (Å²) >= 11 is 5.97. The molecule has 0 aliphatic heterocycles. The minimum atomic E-state index is 0.554. The van der Waals surface area contributed by atoms with Gasteiger partial charge in [0.05, 0.1) is 5.69 Å². The molecule has 110 valence electrons. The summed E-state index contributed by atoms with van der Waals surface area (Å²) in [5, 5.41) is 0.712. The van der Waals surface area contributed by atoms with Gasteiger partial charge in [-0.1, -0.05) is 61.0 Å². The van der Waals surface area contributed by atoms with E-state index in [-0.39, 0.29) is 0 Å². The first-order valence-electron chi connectivity index (χ1n) is 7.29. The van der Waals surface area contributed by atoms with Crippen molar-refractivity contribution < 1.29 is 0 Å². The molecule has 0 saturated heterocycles. The predicted molar refractivity (Wildman–Crippen MR) is 93.9 cm³/mol. The molecular weight excluding hydrogens is 292 g/mol. The van der Waals surface area contributed by atoms with Crippen molar-refractivity contribution in [3.63, 3.8) is 0 Å². The van der Waals surface area contributed by atoms with Gasteiger partial charge in [-0.3, -0.25) is 0 Å². The number of anilines is 1. The second-order valence-corrected chi connectivity index (χ2v) is 5.58. The van der Waals surface area contributed by atoms with Crippen molar-refractivity contribution in [2.45, 2.75) is 13.3 Å². The molecule has 0 aliphatic carbocycles. The first-order valence-corrected chi connectivity index (χ1v) is 7.67. The van der Waals surface area contributed by atoms with E-state index in [0.29, 0.717) is 10.8 Å². The number of hydrogen-bond donors (Lipinski definition) is 1. The van der Waals surface area contributed by atoms with Crippen LogP contribution in [-0.2, 0) is 6.42 Å². The van der Waals surface area contributed by atoms with Gasteiger partial charge < -0.3 is 5.73 Å². The average Bonchev–Trinajstić information content (AvgIpc) is 2.56. The van der Waals surface area contributed by atoms with Gasteiger partial charge in [0.2, 0.25) is 0 Å². The number of halogens is 1. The van der Waals surface area contributed by atoms with Gasteiger partial charge in [0.1, 0.15) is 5.82 Å². The van der Waals surface area contributed by atoms with Crippen molar-refractivity contribution in [2.24, 2.45) is 0 Å². The Morgan fingerprint density at radius 1 is 0.909 bits per heavy atom. The first kappa shape index (κ1) is 14.6. The lowest BCUT2D eigenvalue weighted by Gasteiger charge is -2.13. The summed E-state index contributed by atoms with van der Waals surface area (Å²) in [5.74, 6) is 0.554. The largest absolute Gasteiger partial charge is 0.383 e. The Morgan fingerprint density at radius 3 is 2.18 bits per heavy atom. The maximum Gasteiger partial charge on any atom is 0.131 e. The maximum atomic E-state index is 6.17. The van der Waals surface area contributed by atoms with Gasteiger partial charge in [-0.05, 0) is 35.7 Å². The molecule has 0 radical (unpaired) electrons. The van der Waals surface area contributed by atoms with Gasteiger partial charge in [0.25, 0.3) is 0 Å². The van der Waals surface area contributed by atoms with E-state index in [9.17, 15) is 0 Å². The van der Waals surface area contributed by atoms with Crippen LogP contribution in [0.4, 0.5) is 5.82 Å². The molecule has 0 unspecified atom stereocenters. The lowest BCUT2D eigenvalue weighted by Crippen LogP contribution is -2.01. The van der Waals surface area contributed by atoms with Crippen molar-refractivity contribution in [2.75, 3.05) is 5.73 Å². The zero-order valence-corrected chi connectivity index (χ0v) is 13.1. The minimum Gasteiger partial charge on any atom is -0.383 e. The molecule has 1 aromatic heterocycles. The molecule has 3 rings (SSSR count). The van der Waals surface area contributed by atoms with Crippen LogP contribution in [0.15, 0.2) is 60.7 Å². The van der Waals surface area contributed by atoms with Crippen LogP contribution in [0.25, 0.3) is 22.3 Å². The molecule has 0 saturated carbocycles. The van der Waals surface area contributed by atoms with E-state index in [4.69, 9.17) is 17.3 Å². The number of aryl methyl sites for hydroxylation is 1. The average molecular weight is 309 g/mol. The number of nitrogens with two attached hydrogens (primary N) is 1. The number of aromatic nitrogens is 1. The molecule has 2 nitrogen and oxygen atoms in total. The highest BCUT2D eigenvalue weighted by atomic mass is 35.5. The Labute approximate surface area is 135 Å². The highest BCUT2D eigenvalue weighted by Gasteiger charge is 2.12. The second-order valence-electron chi connectivity index (χ2n) is 5.14. The molecule has 3 heteroatoms. The number of benzene rings is 2. The summed E-state index contributed by atoms with van der Waals surface area (Å²) in [4.78, 5) is 4.61. The fourth-order valence-electron chi connectivity index (χ4n) is 2.57. The molecule has 0 spiro atoms. The van der Waals surface area contributed by atoms with Crippen LogP contribution >= 0.6 is 11.6 Å². The summed E-state index contributed by atoms with van der Waals surface area (Å²) < 4.78 is 0. The van der Waals surface area contributed by atoms with E-state index >= 15 is 0 Å². The zero-order chi connectivity index (χ0) is 15.5. The predicted octanol–water partition coefficient (Wildman–Crippen LogP) is 5.21. The van der Waals surface area contributed by atoms with Crippen molar-refractivity contribution in [3.8, 4) is 22.3 Å². The lowest BCUT2D eigenvalue weighted by atomic mass is 9.97. The van der Waals surface area contributed by atoms with Crippen LogP contribution in [0.5, 0.6) is 0 Å². The summed E-state index contributed by atoms with van der Waals surface area (Å²) in [6.07, 6.45) is 0.843. The van der Waals surface area contributed by atoms with E-state index in [1.165, 1.54) is 0 Å². The Bertz CT molecular complexity index is 781. The summed E-state index contributed by atoms with van der Waals surface area (Å²) in [7, 11) is 0. The van der Waals surface area contributed by atoms with Gasteiger partial charge in [-0.2, -0.15) is 0 Å². The second kappa shape index (κ2) is 6.20. The summed E-state index contributed by atoms with van der Waals surface area (Å²) in [6, 6.07) is 20.1. The van der Waals surface area contributed by atoms with Crippen LogP contribution < -0.4 is 5.73 Å². The standard InChI is InChI=1S/C19H17ClN2/c1-2-18-16(13-6-4-3-5-7-13)12-17(19(21)22-18)14-8-10-15(20)11-9-14/h3-12H,2H2,1H3,(H2,21,22). The molecule has 3 aromatic rings. The van der Waals surface area contributed by atoms with E-state index in [1.54, 1.807) is 0 Å². The molecule has 1 heterocycles. The van der Waals surface area contributed by atoms with E-state index in [1.807, 2.05) is 42.5 Å². The van der Waals surface area contributed by atoms with Gasteiger partial charge in [-0.15, -0.1) is 0 Å². The van der Waals surface area contributed by atoms with Crippen molar-refractivity contribution in [1.29, 1.82) is 0 Å². The molecule has 0 aliphatic rings. The Morgan fingerprint density at radius 2 is 1.55 bits per heavy atom. The van der Waals surface area contributed by atoms with Crippen LogP contribution in [0.3, 0.4) is 0 Å². The Hall–Kier alpha value is -2.32. The SMILES string of the molecule is CCc1nc(N)c(-c2ccc(Cl)cc2)cc1-c1ccccc1. The molecule has 2 aromatic carbocycles. The Kier molecular flexibility index (Phi) is 4.12. The van der Waals surface area contributed by atoms with Crippen LogP contribution in [0, 0.1) is 0 Å². The monoisotopic (exact) mass is 308 g/mol. The normalized spacial score (nSPS) is 10.6. The summed E-state index contributed by atoms with van der Waals surface area (Å²) in [5.41, 5.74) is 11.4. The highest BCUT2D eigenvalue weighted by molar-refractivity contribution is 6.30. The molecule has 2 N–H and O–H groups in total. The highest BCUT2D eigenvalue weighted by Crippen LogP contribution is 2.32. The van der Waals surface area contributed by atoms with Crippen LogP contribution in [0.1, 0.15) is 12.6 Å².